The molecule has 1 saturated heterocycles. The topological polar surface area (TPSA) is 58.2 Å². The number of rotatable bonds is 4. The fourth-order valence-electron chi connectivity index (χ4n) is 2.17. The molecule has 20 heavy (non-hydrogen) atoms. The number of hydrogen-bond donors (Lipinski definition) is 2. The van der Waals surface area contributed by atoms with Gasteiger partial charge in [0.2, 0.25) is 10.0 Å². The van der Waals surface area contributed by atoms with E-state index in [0.29, 0.717) is 11.6 Å². The average molecular weight is 339 g/mol. The number of benzene rings is 1. The monoisotopic (exact) mass is 338 g/mol. The molecule has 1 fully saturated rings. The lowest BCUT2D eigenvalue weighted by molar-refractivity contribution is 0.232. The van der Waals surface area contributed by atoms with Gasteiger partial charge in [-0.2, -0.15) is 0 Å². The first-order valence-corrected chi connectivity index (χ1v) is 8.23. The van der Waals surface area contributed by atoms with Crippen LogP contribution in [0.15, 0.2) is 29.2 Å². The zero-order valence-corrected chi connectivity index (χ0v) is 13.7. The predicted molar refractivity (Wildman–Crippen MR) is 84.1 cm³/mol. The molecule has 7 heteroatoms. The molecule has 0 saturated carbocycles. The lowest BCUT2D eigenvalue weighted by Crippen LogP contribution is -2.42. The number of hydrogen-bond acceptors (Lipinski definition) is 3. The summed E-state index contributed by atoms with van der Waals surface area (Å²) in [6.07, 6.45) is 1.96. The van der Waals surface area contributed by atoms with Crippen molar-refractivity contribution in [1.29, 1.82) is 0 Å². The number of piperidine rings is 1. The molecule has 0 aromatic heterocycles. The van der Waals surface area contributed by atoms with Crippen LogP contribution in [-0.4, -0.2) is 28.1 Å². The van der Waals surface area contributed by atoms with Crippen LogP contribution in [0.25, 0.3) is 0 Å². The minimum Gasteiger partial charge on any atom is -0.317 e. The standard InChI is InChI=1S/C13H19ClN2O2S.ClH/c1-13(6-8-15-9-7-13)10-16-19(17,18)12-4-2-11(14)3-5-12;/h2-5,15-16H,6-10H2,1H3;1H. The van der Waals surface area contributed by atoms with Crippen LogP contribution in [0.5, 0.6) is 0 Å². The van der Waals surface area contributed by atoms with Crippen LogP contribution in [0.1, 0.15) is 19.8 Å². The van der Waals surface area contributed by atoms with Crippen LogP contribution < -0.4 is 10.0 Å². The first-order valence-electron chi connectivity index (χ1n) is 6.37. The third-order valence-corrected chi connectivity index (χ3v) is 5.29. The van der Waals surface area contributed by atoms with Crippen molar-refractivity contribution in [3.63, 3.8) is 0 Å². The van der Waals surface area contributed by atoms with Crippen LogP contribution in [0, 0.1) is 5.41 Å². The maximum absolute atomic E-state index is 12.2. The van der Waals surface area contributed by atoms with Crippen molar-refractivity contribution in [1.82, 2.24) is 10.0 Å². The van der Waals surface area contributed by atoms with Gasteiger partial charge in [-0.25, -0.2) is 13.1 Å². The Balaban J connectivity index is 0.00000200. The summed E-state index contributed by atoms with van der Waals surface area (Å²) in [6.45, 7) is 4.48. The van der Waals surface area contributed by atoms with E-state index in [4.69, 9.17) is 11.6 Å². The molecule has 1 aliphatic rings. The summed E-state index contributed by atoms with van der Waals surface area (Å²) >= 11 is 5.76. The summed E-state index contributed by atoms with van der Waals surface area (Å²) in [7, 11) is -3.44. The van der Waals surface area contributed by atoms with Crippen LogP contribution in [0.2, 0.25) is 5.02 Å². The van der Waals surface area contributed by atoms with Gasteiger partial charge in [0.1, 0.15) is 0 Å². The molecular formula is C13H20Cl2N2O2S. The molecule has 0 amide bonds. The fourth-order valence-corrected chi connectivity index (χ4v) is 3.50. The van der Waals surface area contributed by atoms with Crippen molar-refractivity contribution in [2.75, 3.05) is 19.6 Å². The van der Waals surface area contributed by atoms with Gasteiger partial charge in [0.05, 0.1) is 4.90 Å². The van der Waals surface area contributed by atoms with Crippen molar-refractivity contribution in [2.45, 2.75) is 24.7 Å². The van der Waals surface area contributed by atoms with E-state index in [1.54, 1.807) is 12.1 Å². The predicted octanol–water partition coefficient (Wildman–Crippen LogP) is 2.43. The molecule has 1 aromatic rings. The molecule has 1 aromatic carbocycles. The Labute approximate surface area is 131 Å². The quantitative estimate of drug-likeness (QED) is 0.886. The van der Waals surface area contributed by atoms with Gasteiger partial charge in [-0.05, 0) is 55.6 Å². The van der Waals surface area contributed by atoms with Gasteiger partial charge >= 0.3 is 0 Å². The molecule has 1 heterocycles. The molecule has 0 spiro atoms. The number of halogens is 2. The van der Waals surface area contributed by atoms with Crippen molar-refractivity contribution >= 4 is 34.0 Å². The normalized spacial score (nSPS) is 18.3. The van der Waals surface area contributed by atoms with Crippen molar-refractivity contribution in [3.05, 3.63) is 29.3 Å². The molecule has 0 aliphatic carbocycles. The summed E-state index contributed by atoms with van der Waals surface area (Å²) in [5.74, 6) is 0. The van der Waals surface area contributed by atoms with E-state index < -0.39 is 10.0 Å². The van der Waals surface area contributed by atoms with Gasteiger partial charge in [-0.1, -0.05) is 18.5 Å². The lowest BCUT2D eigenvalue weighted by atomic mass is 9.81. The molecule has 0 radical (unpaired) electrons. The minimum absolute atomic E-state index is 0. The molecule has 2 rings (SSSR count). The molecule has 0 unspecified atom stereocenters. The summed E-state index contributed by atoms with van der Waals surface area (Å²) < 4.78 is 27.0. The second-order valence-electron chi connectivity index (χ2n) is 5.34. The Morgan fingerprint density at radius 3 is 2.35 bits per heavy atom. The first-order chi connectivity index (χ1) is 8.91. The highest BCUT2D eigenvalue weighted by atomic mass is 35.5. The van der Waals surface area contributed by atoms with Crippen LogP contribution in [-0.2, 0) is 10.0 Å². The molecule has 114 valence electrons. The fraction of sp³-hybridized carbons (Fsp3) is 0.538. The highest BCUT2D eigenvalue weighted by Gasteiger charge is 2.28. The van der Waals surface area contributed by atoms with E-state index >= 15 is 0 Å². The summed E-state index contributed by atoms with van der Waals surface area (Å²) in [6, 6.07) is 6.22. The minimum atomic E-state index is -3.44. The molecule has 4 nitrogen and oxygen atoms in total. The zero-order chi connectivity index (χ0) is 13.9. The largest absolute Gasteiger partial charge is 0.317 e. The van der Waals surface area contributed by atoms with E-state index in [0.717, 1.165) is 25.9 Å². The van der Waals surface area contributed by atoms with Gasteiger partial charge < -0.3 is 5.32 Å². The zero-order valence-electron chi connectivity index (χ0n) is 11.4. The van der Waals surface area contributed by atoms with E-state index in [9.17, 15) is 8.42 Å². The Morgan fingerprint density at radius 2 is 1.80 bits per heavy atom. The van der Waals surface area contributed by atoms with Gasteiger partial charge in [0.15, 0.2) is 0 Å². The van der Waals surface area contributed by atoms with E-state index in [2.05, 4.69) is 17.0 Å². The third-order valence-electron chi connectivity index (χ3n) is 3.62. The number of nitrogens with one attached hydrogen (secondary N) is 2. The van der Waals surface area contributed by atoms with E-state index in [-0.39, 0.29) is 22.7 Å². The smallest absolute Gasteiger partial charge is 0.240 e. The van der Waals surface area contributed by atoms with Crippen LogP contribution in [0.3, 0.4) is 0 Å². The van der Waals surface area contributed by atoms with Gasteiger partial charge in [0.25, 0.3) is 0 Å². The Bertz CT molecular complexity index is 526. The Morgan fingerprint density at radius 1 is 1.25 bits per heavy atom. The second-order valence-corrected chi connectivity index (χ2v) is 7.54. The first kappa shape index (κ1) is 17.7. The Hall–Kier alpha value is -0.330. The van der Waals surface area contributed by atoms with E-state index in [1.165, 1.54) is 12.1 Å². The van der Waals surface area contributed by atoms with Gasteiger partial charge in [-0.15, -0.1) is 12.4 Å². The lowest BCUT2D eigenvalue weighted by Gasteiger charge is -2.34. The molecule has 1 aliphatic heterocycles. The highest BCUT2D eigenvalue weighted by molar-refractivity contribution is 7.89. The summed E-state index contributed by atoms with van der Waals surface area (Å²) in [5.41, 5.74) is 0.0325. The Kier molecular flexibility index (Phi) is 6.28. The molecule has 0 atom stereocenters. The molecule has 2 N–H and O–H groups in total. The average Bonchev–Trinajstić information content (AvgIpc) is 2.38. The van der Waals surface area contributed by atoms with Crippen LogP contribution >= 0.6 is 24.0 Å². The maximum Gasteiger partial charge on any atom is 0.240 e. The molecular weight excluding hydrogens is 319 g/mol. The number of sulfonamides is 1. The second kappa shape index (κ2) is 7.09. The van der Waals surface area contributed by atoms with Crippen molar-refractivity contribution in [2.24, 2.45) is 5.41 Å². The third kappa shape index (κ3) is 4.60. The summed E-state index contributed by atoms with van der Waals surface area (Å²) in [4.78, 5) is 0.259. The van der Waals surface area contributed by atoms with Gasteiger partial charge in [0, 0.05) is 11.6 Å². The molecule has 0 bridgehead atoms. The maximum atomic E-state index is 12.2. The van der Waals surface area contributed by atoms with Crippen LogP contribution in [0.4, 0.5) is 0 Å². The highest BCUT2D eigenvalue weighted by Crippen LogP contribution is 2.27. The SMILES string of the molecule is CC1(CNS(=O)(=O)c2ccc(Cl)cc2)CCNCC1.Cl. The van der Waals surface area contributed by atoms with Gasteiger partial charge in [-0.3, -0.25) is 0 Å². The van der Waals surface area contributed by atoms with Crippen molar-refractivity contribution < 1.29 is 8.42 Å². The summed E-state index contributed by atoms with van der Waals surface area (Å²) in [5, 5.41) is 3.81. The van der Waals surface area contributed by atoms with Crippen molar-refractivity contribution in [3.8, 4) is 0 Å². The van der Waals surface area contributed by atoms with E-state index in [1.807, 2.05) is 0 Å².